The van der Waals surface area contributed by atoms with Crippen LogP contribution in [0.2, 0.25) is 5.02 Å². The van der Waals surface area contributed by atoms with Crippen molar-refractivity contribution in [3.63, 3.8) is 0 Å². The number of nitrogens with one attached hydrogen (secondary N) is 1. The fraction of sp³-hybridized carbons (Fsp3) is 0.208. The van der Waals surface area contributed by atoms with Gasteiger partial charge in [-0.05, 0) is 74.2 Å². The van der Waals surface area contributed by atoms with Crippen LogP contribution in [-0.4, -0.2) is 20.4 Å². The molecule has 7 heteroatoms. The summed E-state index contributed by atoms with van der Waals surface area (Å²) in [4.78, 5) is 14.9. The topological polar surface area (TPSA) is 66.5 Å². The van der Waals surface area contributed by atoms with Crippen molar-refractivity contribution < 1.29 is 13.2 Å². The van der Waals surface area contributed by atoms with E-state index in [1.54, 1.807) is 17.0 Å². The molecule has 0 spiro atoms. The first-order valence-electron chi connectivity index (χ1n) is 9.98. The van der Waals surface area contributed by atoms with E-state index in [0.29, 0.717) is 5.69 Å². The lowest BCUT2D eigenvalue weighted by Crippen LogP contribution is -2.35. The minimum absolute atomic E-state index is 0.0197. The highest BCUT2D eigenvalue weighted by atomic mass is 35.5. The van der Waals surface area contributed by atoms with Crippen molar-refractivity contribution in [1.82, 2.24) is 0 Å². The zero-order valence-corrected chi connectivity index (χ0v) is 19.1. The van der Waals surface area contributed by atoms with Crippen molar-refractivity contribution in [3.8, 4) is 0 Å². The summed E-state index contributed by atoms with van der Waals surface area (Å²) in [6.07, 6.45) is 0.759. The molecule has 1 atom stereocenters. The molecule has 1 amide bonds. The van der Waals surface area contributed by atoms with E-state index in [1.807, 2.05) is 57.2 Å². The number of benzene rings is 3. The Bertz CT molecular complexity index is 1290. The van der Waals surface area contributed by atoms with Crippen LogP contribution in [0.1, 0.15) is 34.0 Å². The second-order valence-corrected chi connectivity index (χ2v) is 9.98. The van der Waals surface area contributed by atoms with Gasteiger partial charge in [-0.15, -0.1) is 0 Å². The quantitative estimate of drug-likeness (QED) is 0.577. The number of carbonyl (C=O) groups is 1. The van der Waals surface area contributed by atoms with Gasteiger partial charge in [0.2, 0.25) is 0 Å². The molecule has 0 saturated heterocycles. The number of nitrogens with zero attached hydrogens (tertiary/aromatic N) is 1. The van der Waals surface area contributed by atoms with Gasteiger partial charge in [0.25, 0.3) is 15.9 Å². The monoisotopic (exact) mass is 454 g/mol. The summed E-state index contributed by atoms with van der Waals surface area (Å²) in [5, 5.41) is 0.0595. The zero-order valence-electron chi connectivity index (χ0n) is 17.5. The number of halogens is 1. The lowest BCUT2D eigenvalue weighted by atomic mass is 10.1. The highest BCUT2D eigenvalue weighted by Gasteiger charge is 2.32. The molecule has 0 unspecified atom stereocenters. The van der Waals surface area contributed by atoms with Gasteiger partial charge in [-0.1, -0.05) is 41.9 Å². The van der Waals surface area contributed by atoms with E-state index in [1.165, 1.54) is 12.1 Å². The summed E-state index contributed by atoms with van der Waals surface area (Å²) in [5.74, 6) is -0.252. The average Bonchev–Trinajstić information content (AvgIpc) is 3.06. The SMILES string of the molecule is Cc1ccc(C)c(NS(=O)(=O)c2cc(C(=O)N3c4ccccc4C[C@@H]3C)ccc2Cl)c1. The molecule has 1 heterocycles. The molecule has 1 aliphatic heterocycles. The molecule has 1 N–H and O–H groups in total. The largest absolute Gasteiger partial charge is 0.305 e. The van der Waals surface area contributed by atoms with Gasteiger partial charge in [0.1, 0.15) is 4.90 Å². The number of rotatable bonds is 4. The molecular weight excluding hydrogens is 432 g/mol. The van der Waals surface area contributed by atoms with Crippen LogP contribution in [-0.2, 0) is 16.4 Å². The predicted molar refractivity (Wildman–Crippen MR) is 125 cm³/mol. The van der Waals surface area contributed by atoms with Crippen molar-refractivity contribution in [2.75, 3.05) is 9.62 Å². The third-order valence-corrected chi connectivity index (χ3v) is 7.38. The number of carbonyl (C=O) groups excluding carboxylic acids is 1. The molecule has 0 aliphatic carbocycles. The Morgan fingerprint density at radius 1 is 1.06 bits per heavy atom. The molecular formula is C24H23ClN2O3S. The number of amides is 1. The second-order valence-electron chi connectivity index (χ2n) is 7.93. The lowest BCUT2D eigenvalue weighted by Gasteiger charge is -2.23. The Kier molecular flexibility index (Phi) is 5.54. The van der Waals surface area contributed by atoms with Gasteiger partial charge >= 0.3 is 0 Å². The van der Waals surface area contributed by atoms with E-state index >= 15 is 0 Å². The third kappa shape index (κ3) is 4.05. The van der Waals surface area contributed by atoms with Crippen LogP contribution in [0.15, 0.2) is 65.6 Å². The van der Waals surface area contributed by atoms with Crippen LogP contribution in [0.25, 0.3) is 0 Å². The van der Waals surface area contributed by atoms with Crippen LogP contribution in [0.4, 0.5) is 11.4 Å². The summed E-state index contributed by atoms with van der Waals surface area (Å²) in [6.45, 7) is 5.69. The van der Waals surface area contributed by atoms with Crippen molar-refractivity contribution in [2.45, 2.75) is 38.1 Å². The molecule has 0 aromatic heterocycles. The first kappa shape index (κ1) is 21.4. The van der Waals surface area contributed by atoms with Crippen molar-refractivity contribution in [1.29, 1.82) is 0 Å². The van der Waals surface area contributed by atoms with E-state index in [-0.39, 0.29) is 27.4 Å². The number of hydrogen-bond donors (Lipinski definition) is 1. The lowest BCUT2D eigenvalue weighted by molar-refractivity contribution is 0.0981. The Morgan fingerprint density at radius 2 is 1.81 bits per heavy atom. The van der Waals surface area contributed by atoms with E-state index in [2.05, 4.69) is 4.72 Å². The zero-order chi connectivity index (χ0) is 22.3. The summed E-state index contributed by atoms with van der Waals surface area (Å²) in [7, 11) is -3.99. The predicted octanol–water partition coefficient (Wildman–Crippen LogP) is 5.35. The molecule has 0 saturated carbocycles. The van der Waals surface area contributed by atoms with Gasteiger partial charge in [-0.2, -0.15) is 0 Å². The number of sulfonamides is 1. The molecule has 0 radical (unpaired) electrons. The van der Waals surface area contributed by atoms with Gasteiger partial charge in [0, 0.05) is 17.3 Å². The maximum atomic E-state index is 13.3. The molecule has 5 nitrogen and oxygen atoms in total. The molecule has 31 heavy (non-hydrogen) atoms. The van der Waals surface area contributed by atoms with Gasteiger partial charge in [0.05, 0.1) is 10.7 Å². The normalized spacial score (nSPS) is 15.6. The number of hydrogen-bond acceptors (Lipinski definition) is 3. The average molecular weight is 455 g/mol. The second kappa shape index (κ2) is 8.02. The number of anilines is 2. The summed E-state index contributed by atoms with van der Waals surface area (Å²) >= 11 is 6.25. The molecule has 0 bridgehead atoms. The Labute approximate surface area is 187 Å². The standard InChI is InChI=1S/C24H23ClN2O3S/c1-15-8-9-16(2)21(12-15)26-31(29,30)23-14-19(10-11-20(23)25)24(28)27-17(3)13-18-6-4-5-7-22(18)27/h4-12,14,17,26H,13H2,1-3H3/t17-/m0/s1. The van der Waals surface area contributed by atoms with Crippen molar-refractivity contribution in [3.05, 3.63) is 87.9 Å². The van der Waals surface area contributed by atoms with Crippen LogP contribution in [0.3, 0.4) is 0 Å². The van der Waals surface area contributed by atoms with Crippen molar-refractivity contribution in [2.24, 2.45) is 0 Å². The molecule has 3 aromatic carbocycles. The fourth-order valence-electron chi connectivity index (χ4n) is 3.90. The number of fused-ring (bicyclic) bond motifs is 1. The third-order valence-electron chi connectivity index (χ3n) is 5.53. The van der Waals surface area contributed by atoms with E-state index in [0.717, 1.165) is 28.8 Å². The highest BCUT2D eigenvalue weighted by Crippen LogP contribution is 2.34. The fourth-order valence-corrected chi connectivity index (χ4v) is 5.55. The van der Waals surface area contributed by atoms with Crippen molar-refractivity contribution >= 4 is 38.9 Å². The Morgan fingerprint density at radius 3 is 2.58 bits per heavy atom. The Hall–Kier alpha value is -2.83. The molecule has 0 fully saturated rings. The molecule has 160 valence electrons. The maximum Gasteiger partial charge on any atom is 0.263 e. The summed E-state index contributed by atoms with van der Waals surface area (Å²) < 4.78 is 28.9. The van der Waals surface area contributed by atoms with Gasteiger partial charge in [0.15, 0.2) is 0 Å². The van der Waals surface area contributed by atoms with E-state index in [9.17, 15) is 13.2 Å². The minimum Gasteiger partial charge on any atom is -0.305 e. The van der Waals surface area contributed by atoms with Crippen LogP contribution < -0.4 is 9.62 Å². The summed E-state index contributed by atoms with van der Waals surface area (Å²) in [6, 6.07) is 17.6. The smallest absolute Gasteiger partial charge is 0.263 e. The minimum atomic E-state index is -3.99. The number of aryl methyl sites for hydroxylation is 2. The van der Waals surface area contributed by atoms with Gasteiger partial charge in [-0.3, -0.25) is 9.52 Å². The van der Waals surface area contributed by atoms with E-state index in [4.69, 9.17) is 11.6 Å². The van der Waals surface area contributed by atoms with Gasteiger partial charge in [-0.25, -0.2) is 8.42 Å². The van der Waals surface area contributed by atoms with Crippen LogP contribution >= 0.6 is 11.6 Å². The van der Waals surface area contributed by atoms with Crippen LogP contribution in [0.5, 0.6) is 0 Å². The Balaban J connectivity index is 1.70. The molecule has 1 aliphatic rings. The summed E-state index contributed by atoms with van der Waals surface area (Å²) in [5.41, 5.74) is 4.43. The highest BCUT2D eigenvalue weighted by molar-refractivity contribution is 7.92. The maximum absolute atomic E-state index is 13.3. The molecule has 3 aromatic rings. The first-order valence-corrected chi connectivity index (χ1v) is 11.8. The van der Waals surface area contributed by atoms with Crippen LogP contribution in [0, 0.1) is 13.8 Å². The molecule has 4 rings (SSSR count). The van der Waals surface area contributed by atoms with E-state index < -0.39 is 10.0 Å². The number of para-hydroxylation sites is 1. The first-order chi connectivity index (χ1) is 14.7. The van der Waals surface area contributed by atoms with Gasteiger partial charge < -0.3 is 4.90 Å².